The van der Waals surface area contributed by atoms with E-state index in [1.54, 1.807) is 24.3 Å². The molecule has 0 heterocycles. The highest BCUT2D eigenvalue weighted by molar-refractivity contribution is 7.85. The van der Waals surface area contributed by atoms with E-state index in [1.165, 1.54) is 31.4 Å². The van der Waals surface area contributed by atoms with Crippen molar-refractivity contribution in [3.05, 3.63) is 65.7 Å². The van der Waals surface area contributed by atoms with Gasteiger partial charge in [-0.3, -0.25) is 13.8 Å². The molecule has 2 rings (SSSR count). The van der Waals surface area contributed by atoms with Gasteiger partial charge in [0.2, 0.25) is 5.91 Å². The van der Waals surface area contributed by atoms with Crippen LogP contribution in [0.15, 0.2) is 59.5 Å². The Kier molecular flexibility index (Phi) is 7.25. The molecule has 0 radical (unpaired) electrons. The molecular weight excluding hydrogens is 368 g/mol. The van der Waals surface area contributed by atoms with E-state index in [-0.39, 0.29) is 23.3 Å². The molecule has 2 aromatic carbocycles. The highest BCUT2D eigenvalue weighted by Crippen LogP contribution is 2.10. The van der Waals surface area contributed by atoms with Crippen LogP contribution < -0.4 is 11.1 Å². The van der Waals surface area contributed by atoms with Gasteiger partial charge in [0.15, 0.2) is 0 Å². The number of hydrogen-bond acceptors (Lipinski definition) is 5. The highest BCUT2D eigenvalue weighted by atomic mass is 32.2. The molecule has 27 heavy (non-hydrogen) atoms. The monoisotopic (exact) mass is 388 g/mol. The van der Waals surface area contributed by atoms with Gasteiger partial charge in [0.25, 0.3) is 5.91 Å². The van der Waals surface area contributed by atoms with Gasteiger partial charge in [0.1, 0.15) is 6.04 Å². The smallest absolute Gasteiger partial charge is 0.337 e. The van der Waals surface area contributed by atoms with Crippen LogP contribution in [0.4, 0.5) is 0 Å². The van der Waals surface area contributed by atoms with E-state index in [0.717, 1.165) is 0 Å². The summed E-state index contributed by atoms with van der Waals surface area (Å²) in [6.07, 6.45) is 0.124. The maximum atomic E-state index is 12.4. The molecule has 0 aromatic heterocycles. The fourth-order valence-electron chi connectivity index (χ4n) is 2.35. The first kappa shape index (κ1) is 20.3. The largest absolute Gasteiger partial charge is 0.465 e. The number of benzene rings is 2. The number of ether oxygens (including phenoxy) is 1. The Bertz CT molecular complexity index is 854. The van der Waals surface area contributed by atoms with Gasteiger partial charge in [-0.2, -0.15) is 0 Å². The molecule has 0 bridgehead atoms. The normalized spacial score (nSPS) is 12.6. The van der Waals surface area contributed by atoms with Crippen molar-refractivity contribution in [2.45, 2.75) is 17.4 Å². The lowest BCUT2D eigenvalue weighted by Gasteiger charge is -2.15. The van der Waals surface area contributed by atoms with Crippen LogP contribution in [0.5, 0.6) is 0 Å². The quantitative estimate of drug-likeness (QED) is 0.661. The minimum atomic E-state index is -1.31. The predicted molar refractivity (Wildman–Crippen MR) is 101 cm³/mol. The van der Waals surface area contributed by atoms with Crippen molar-refractivity contribution in [2.75, 3.05) is 12.9 Å². The fraction of sp³-hybridized carbons (Fsp3) is 0.211. The Morgan fingerprint density at radius 2 is 1.74 bits per heavy atom. The van der Waals surface area contributed by atoms with E-state index in [1.807, 2.05) is 6.07 Å². The van der Waals surface area contributed by atoms with Gasteiger partial charge in [-0.25, -0.2) is 4.79 Å². The van der Waals surface area contributed by atoms with Crippen molar-refractivity contribution >= 4 is 28.6 Å². The van der Waals surface area contributed by atoms with Crippen molar-refractivity contribution in [1.29, 1.82) is 0 Å². The number of methoxy groups -OCH3 is 1. The van der Waals surface area contributed by atoms with Crippen molar-refractivity contribution in [2.24, 2.45) is 5.73 Å². The molecule has 0 saturated heterocycles. The second-order valence-corrected chi connectivity index (χ2v) is 7.22. The van der Waals surface area contributed by atoms with Crippen LogP contribution >= 0.6 is 0 Å². The summed E-state index contributed by atoms with van der Waals surface area (Å²) in [5.74, 6) is -1.69. The number of nitrogens with one attached hydrogen (secondary N) is 1. The summed E-state index contributed by atoms with van der Waals surface area (Å²) in [5, 5.41) is 2.52. The first-order valence-corrected chi connectivity index (χ1v) is 9.46. The summed E-state index contributed by atoms with van der Waals surface area (Å²) in [6, 6.07) is 13.7. The van der Waals surface area contributed by atoms with E-state index >= 15 is 0 Å². The molecule has 0 aliphatic rings. The summed E-state index contributed by atoms with van der Waals surface area (Å²) >= 11 is 0. The Labute approximate surface area is 159 Å². The molecule has 2 amide bonds. The molecular formula is C19H20N2O5S. The molecule has 142 valence electrons. The van der Waals surface area contributed by atoms with Crippen molar-refractivity contribution in [1.82, 2.24) is 5.32 Å². The summed E-state index contributed by atoms with van der Waals surface area (Å²) in [5.41, 5.74) is 5.76. The number of rotatable bonds is 8. The van der Waals surface area contributed by atoms with Crippen molar-refractivity contribution in [3.63, 3.8) is 0 Å². The van der Waals surface area contributed by atoms with Crippen molar-refractivity contribution in [3.8, 4) is 0 Å². The fourth-order valence-corrected chi connectivity index (χ4v) is 3.49. The Hall–Kier alpha value is -3.00. The maximum Gasteiger partial charge on any atom is 0.337 e. The summed E-state index contributed by atoms with van der Waals surface area (Å²) in [6.45, 7) is 0. The molecule has 3 N–H and O–H groups in total. The summed E-state index contributed by atoms with van der Waals surface area (Å²) in [4.78, 5) is 36.3. The zero-order valence-corrected chi connectivity index (χ0v) is 15.5. The Morgan fingerprint density at radius 3 is 2.37 bits per heavy atom. The van der Waals surface area contributed by atoms with E-state index in [9.17, 15) is 18.6 Å². The van der Waals surface area contributed by atoms with Gasteiger partial charge in [-0.1, -0.05) is 24.3 Å². The van der Waals surface area contributed by atoms with Gasteiger partial charge < -0.3 is 15.8 Å². The van der Waals surface area contributed by atoms with Crippen molar-refractivity contribution < 1.29 is 23.3 Å². The van der Waals surface area contributed by atoms with Crippen LogP contribution in [0.1, 0.15) is 27.1 Å². The molecule has 7 nitrogen and oxygen atoms in total. The number of primary amides is 1. The standard InChI is InChI=1S/C19H20N2O5S/c1-26-19(24)14-7-5-6-13(12-14)18(23)21-16(17(20)22)10-11-27(25)15-8-3-2-4-9-15/h2-9,12,16H,10-11H2,1H3,(H2,20,22)(H,21,23)/t16-,27-/m1/s1. The summed E-state index contributed by atoms with van der Waals surface area (Å²) < 4.78 is 16.9. The molecule has 2 atom stereocenters. The molecule has 0 aliphatic carbocycles. The second kappa shape index (κ2) is 9.63. The number of nitrogens with two attached hydrogens (primary N) is 1. The second-order valence-electron chi connectivity index (χ2n) is 5.65. The molecule has 0 saturated carbocycles. The average Bonchev–Trinajstić information content (AvgIpc) is 2.70. The molecule has 0 fully saturated rings. The third-order valence-electron chi connectivity index (χ3n) is 3.79. The molecule has 2 aromatic rings. The number of carbonyl (C=O) groups is 3. The van der Waals surface area contributed by atoms with Crippen LogP contribution in [-0.4, -0.2) is 40.9 Å². The first-order chi connectivity index (χ1) is 12.9. The summed E-state index contributed by atoms with van der Waals surface area (Å²) in [7, 11) is -0.0701. The van der Waals surface area contributed by atoms with Crippen LogP contribution in [0.2, 0.25) is 0 Å². The zero-order chi connectivity index (χ0) is 19.8. The first-order valence-electron chi connectivity index (χ1n) is 8.14. The molecule has 0 spiro atoms. The topological polar surface area (TPSA) is 116 Å². The lowest BCUT2D eigenvalue weighted by Crippen LogP contribution is -2.45. The van der Waals surface area contributed by atoms with Gasteiger partial charge in [-0.05, 0) is 36.8 Å². The maximum absolute atomic E-state index is 12.4. The average molecular weight is 388 g/mol. The van der Waals surface area contributed by atoms with Crippen LogP contribution in [0, 0.1) is 0 Å². The third-order valence-corrected chi connectivity index (χ3v) is 5.20. The van der Waals surface area contributed by atoms with Gasteiger partial charge in [0.05, 0.1) is 23.5 Å². The molecule has 0 unspecified atom stereocenters. The number of hydrogen-bond donors (Lipinski definition) is 2. The van der Waals surface area contributed by atoms with Gasteiger partial charge in [-0.15, -0.1) is 0 Å². The number of amides is 2. The van der Waals surface area contributed by atoms with E-state index in [4.69, 9.17) is 5.73 Å². The van der Waals surface area contributed by atoms with E-state index in [0.29, 0.717) is 4.90 Å². The lowest BCUT2D eigenvalue weighted by molar-refractivity contribution is -0.119. The SMILES string of the molecule is COC(=O)c1cccc(C(=O)N[C@H](CC[S@@](=O)c2ccccc2)C(N)=O)c1. The predicted octanol–water partition coefficient (Wildman–Crippen LogP) is 1.25. The number of carbonyl (C=O) groups excluding carboxylic acids is 3. The Morgan fingerprint density at radius 1 is 1.07 bits per heavy atom. The van der Waals surface area contributed by atoms with Crippen LogP contribution in [-0.2, 0) is 20.3 Å². The minimum Gasteiger partial charge on any atom is -0.465 e. The lowest BCUT2D eigenvalue weighted by atomic mass is 10.1. The molecule has 0 aliphatic heterocycles. The molecule has 8 heteroatoms. The highest BCUT2D eigenvalue weighted by Gasteiger charge is 2.21. The zero-order valence-electron chi connectivity index (χ0n) is 14.7. The van der Waals surface area contributed by atoms with E-state index < -0.39 is 34.6 Å². The van der Waals surface area contributed by atoms with Crippen LogP contribution in [0.25, 0.3) is 0 Å². The third kappa shape index (κ3) is 5.75. The van der Waals surface area contributed by atoms with Gasteiger partial charge >= 0.3 is 5.97 Å². The minimum absolute atomic E-state index is 0.124. The number of esters is 1. The van der Waals surface area contributed by atoms with E-state index in [2.05, 4.69) is 10.1 Å². The Balaban J connectivity index is 2.03. The van der Waals surface area contributed by atoms with Gasteiger partial charge in [0, 0.05) is 16.2 Å². The van der Waals surface area contributed by atoms with Crippen LogP contribution in [0.3, 0.4) is 0 Å².